The zero-order valence-corrected chi connectivity index (χ0v) is 18.1. The summed E-state index contributed by atoms with van der Waals surface area (Å²) in [6, 6.07) is 21.4. The molecule has 4 aromatic rings. The monoisotopic (exact) mass is 425 g/mol. The smallest absolute Gasteiger partial charge is 0.269 e. The van der Waals surface area contributed by atoms with Gasteiger partial charge in [0.2, 0.25) is 0 Å². The van der Waals surface area contributed by atoms with Crippen molar-refractivity contribution in [2.45, 2.75) is 26.2 Å². The minimum absolute atomic E-state index is 0.00127. The van der Waals surface area contributed by atoms with Gasteiger partial charge in [-0.15, -0.1) is 0 Å². The van der Waals surface area contributed by atoms with Crippen molar-refractivity contribution in [2.24, 2.45) is 0 Å². The fourth-order valence-corrected chi connectivity index (χ4v) is 3.42. The van der Waals surface area contributed by atoms with Gasteiger partial charge in [-0.25, -0.2) is 9.97 Å². The summed E-state index contributed by atoms with van der Waals surface area (Å²) in [7, 11) is 0. The molecule has 0 amide bonds. The van der Waals surface area contributed by atoms with Crippen molar-refractivity contribution in [1.29, 1.82) is 0 Å². The summed E-state index contributed by atoms with van der Waals surface area (Å²) in [5.74, 6) is 0.0678. The molecular weight excluding hydrogens is 402 g/mol. The Labute approximate surface area is 186 Å². The lowest BCUT2D eigenvalue weighted by molar-refractivity contribution is -0.384. The van der Waals surface area contributed by atoms with E-state index in [2.05, 4.69) is 20.8 Å². The maximum absolute atomic E-state index is 11.0. The lowest BCUT2D eigenvalue weighted by Gasteiger charge is -2.19. The van der Waals surface area contributed by atoms with Crippen LogP contribution < -0.4 is 0 Å². The van der Waals surface area contributed by atoms with Crippen molar-refractivity contribution in [2.75, 3.05) is 0 Å². The topological polar surface area (TPSA) is 89.2 Å². The molecule has 0 aliphatic rings. The van der Waals surface area contributed by atoms with Gasteiger partial charge >= 0.3 is 0 Å². The second-order valence-electron chi connectivity index (χ2n) is 8.61. The molecule has 6 heteroatoms. The average Bonchev–Trinajstić information content (AvgIpc) is 2.78. The van der Waals surface area contributed by atoms with Crippen LogP contribution in [0.4, 0.5) is 5.69 Å². The highest BCUT2D eigenvalue weighted by Crippen LogP contribution is 2.29. The molecule has 1 N–H and O–H groups in total. The summed E-state index contributed by atoms with van der Waals surface area (Å²) in [4.78, 5) is 20.0. The molecular formula is C26H23N3O3. The molecule has 0 unspecified atom stereocenters. The van der Waals surface area contributed by atoms with Gasteiger partial charge in [0.1, 0.15) is 5.76 Å². The van der Waals surface area contributed by atoms with Crippen molar-refractivity contribution in [3.8, 4) is 11.3 Å². The number of para-hydroxylation sites is 2. The van der Waals surface area contributed by atoms with Crippen LogP contribution in [0.15, 0.2) is 72.8 Å². The van der Waals surface area contributed by atoms with Crippen LogP contribution in [0, 0.1) is 10.1 Å². The van der Waals surface area contributed by atoms with Crippen LogP contribution in [0.5, 0.6) is 0 Å². The minimum atomic E-state index is -0.441. The third-order valence-electron chi connectivity index (χ3n) is 5.27. The van der Waals surface area contributed by atoms with E-state index in [0.29, 0.717) is 33.5 Å². The molecule has 6 nitrogen and oxygen atoms in total. The first-order valence-electron chi connectivity index (χ1n) is 10.3. The first kappa shape index (κ1) is 21.2. The number of nitrogens with zero attached hydrogens (tertiary/aromatic N) is 3. The molecule has 4 rings (SSSR count). The number of hydrogen-bond acceptors (Lipinski definition) is 5. The first-order chi connectivity index (χ1) is 15.2. The van der Waals surface area contributed by atoms with Gasteiger partial charge in [-0.05, 0) is 35.2 Å². The predicted molar refractivity (Wildman–Crippen MR) is 127 cm³/mol. The van der Waals surface area contributed by atoms with Crippen molar-refractivity contribution < 1.29 is 10.0 Å². The van der Waals surface area contributed by atoms with E-state index in [9.17, 15) is 15.2 Å². The second kappa shape index (κ2) is 8.23. The number of aromatic nitrogens is 2. The van der Waals surface area contributed by atoms with Crippen LogP contribution in [0.25, 0.3) is 34.1 Å². The molecule has 0 saturated heterocycles. The standard InChI is InChI=1S/C26H23N3O3/c1-26(2,3)19-12-8-17(9-13-19)24(30)16-23-25(18-10-14-20(15-11-18)29(31)32)28-22-7-5-4-6-21(22)27-23/h4-16,30H,1-3H3/b24-16-. The van der Waals surface area contributed by atoms with E-state index in [-0.39, 0.29) is 16.9 Å². The number of nitro benzene ring substituents is 1. The molecule has 0 atom stereocenters. The third kappa shape index (κ3) is 4.34. The molecule has 1 heterocycles. The number of fused-ring (bicyclic) bond motifs is 1. The van der Waals surface area contributed by atoms with E-state index in [1.165, 1.54) is 17.7 Å². The van der Waals surface area contributed by atoms with Crippen LogP contribution in [0.3, 0.4) is 0 Å². The fourth-order valence-electron chi connectivity index (χ4n) is 3.42. The second-order valence-corrected chi connectivity index (χ2v) is 8.61. The molecule has 1 aromatic heterocycles. The molecule has 0 spiro atoms. The first-order valence-corrected chi connectivity index (χ1v) is 10.3. The van der Waals surface area contributed by atoms with Gasteiger partial charge in [-0.3, -0.25) is 10.1 Å². The normalized spacial score (nSPS) is 12.2. The van der Waals surface area contributed by atoms with Gasteiger partial charge in [-0.2, -0.15) is 0 Å². The van der Waals surface area contributed by atoms with Crippen molar-refractivity contribution >= 4 is 28.6 Å². The summed E-state index contributed by atoms with van der Waals surface area (Å²) in [5.41, 5.74) is 4.95. The Morgan fingerprint density at radius 3 is 2.06 bits per heavy atom. The van der Waals surface area contributed by atoms with Crippen molar-refractivity contribution in [3.05, 3.63) is 99.7 Å². The van der Waals surface area contributed by atoms with Gasteiger partial charge in [0, 0.05) is 29.3 Å². The maximum atomic E-state index is 11.0. The van der Waals surface area contributed by atoms with Gasteiger partial charge in [0.15, 0.2) is 0 Å². The van der Waals surface area contributed by atoms with Crippen LogP contribution in [0.1, 0.15) is 37.6 Å². The highest BCUT2D eigenvalue weighted by atomic mass is 16.6. The molecule has 0 bridgehead atoms. The summed E-state index contributed by atoms with van der Waals surface area (Å²) >= 11 is 0. The van der Waals surface area contributed by atoms with Crippen LogP contribution in [-0.4, -0.2) is 20.0 Å². The highest BCUT2D eigenvalue weighted by Gasteiger charge is 2.15. The van der Waals surface area contributed by atoms with Gasteiger partial charge in [-0.1, -0.05) is 57.2 Å². The lowest BCUT2D eigenvalue weighted by Crippen LogP contribution is -2.10. The Balaban J connectivity index is 1.81. The summed E-state index contributed by atoms with van der Waals surface area (Å²) in [5, 5.41) is 21.8. The van der Waals surface area contributed by atoms with E-state index < -0.39 is 4.92 Å². The molecule has 32 heavy (non-hydrogen) atoms. The number of hydrogen-bond donors (Lipinski definition) is 1. The molecule has 160 valence electrons. The molecule has 0 radical (unpaired) electrons. The number of nitro groups is 1. The van der Waals surface area contributed by atoms with Crippen LogP contribution >= 0.6 is 0 Å². The maximum Gasteiger partial charge on any atom is 0.269 e. The predicted octanol–water partition coefficient (Wildman–Crippen LogP) is 6.56. The average molecular weight is 425 g/mol. The Morgan fingerprint density at radius 1 is 0.906 bits per heavy atom. The summed E-state index contributed by atoms with van der Waals surface area (Å²) in [6.45, 7) is 6.41. The van der Waals surface area contributed by atoms with E-state index in [1.807, 2.05) is 48.5 Å². The molecule has 0 fully saturated rings. The summed E-state index contributed by atoms with van der Waals surface area (Å²) in [6.07, 6.45) is 1.59. The van der Waals surface area contributed by atoms with E-state index in [4.69, 9.17) is 9.97 Å². The van der Waals surface area contributed by atoms with E-state index >= 15 is 0 Å². The SMILES string of the molecule is CC(C)(C)c1ccc(/C(O)=C/c2nc3ccccc3nc2-c2ccc([N+](=O)[O-])cc2)cc1. The van der Waals surface area contributed by atoms with Crippen LogP contribution in [0.2, 0.25) is 0 Å². The zero-order chi connectivity index (χ0) is 22.9. The fraction of sp³-hybridized carbons (Fsp3) is 0.154. The van der Waals surface area contributed by atoms with Gasteiger partial charge in [0.25, 0.3) is 5.69 Å². The van der Waals surface area contributed by atoms with Crippen molar-refractivity contribution in [1.82, 2.24) is 9.97 Å². The number of rotatable bonds is 4. The Morgan fingerprint density at radius 2 is 1.50 bits per heavy atom. The van der Waals surface area contributed by atoms with E-state index in [0.717, 1.165) is 0 Å². The van der Waals surface area contributed by atoms with E-state index in [1.54, 1.807) is 18.2 Å². The Kier molecular flexibility index (Phi) is 5.45. The van der Waals surface area contributed by atoms with Gasteiger partial charge in [0.05, 0.1) is 27.3 Å². The summed E-state index contributed by atoms with van der Waals surface area (Å²) < 4.78 is 0. The molecule has 3 aromatic carbocycles. The zero-order valence-electron chi connectivity index (χ0n) is 18.1. The minimum Gasteiger partial charge on any atom is -0.507 e. The molecule has 0 aliphatic heterocycles. The van der Waals surface area contributed by atoms with Gasteiger partial charge < -0.3 is 5.11 Å². The molecule has 0 saturated carbocycles. The third-order valence-corrected chi connectivity index (χ3v) is 5.27. The van der Waals surface area contributed by atoms with Crippen molar-refractivity contribution in [3.63, 3.8) is 0 Å². The number of non-ortho nitro benzene ring substituents is 1. The largest absolute Gasteiger partial charge is 0.507 e. The number of aliphatic hydroxyl groups is 1. The van der Waals surface area contributed by atoms with Crippen LogP contribution in [-0.2, 0) is 5.41 Å². The quantitative estimate of drug-likeness (QED) is 0.227. The highest BCUT2D eigenvalue weighted by molar-refractivity contribution is 5.86. The molecule has 0 aliphatic carbocycles. The number of benzene rings is 3. The Hall–Kier alpha value is -4.06. The number of aliphatic hydroxyl groups excluding tert-OH is 1. The lowest BCUT2D eigenvalue weighted by atomic mass is 9.86. The Bertz CT molecular complexity index is 1320.